The van der Waals surface area contributed by atoms with Crippen molar-refractivity contribution in [2.45, 2.75) is 40.2 Å². The molecule has 2 N–H and O–H groups in total. The Labute approximate surface area is 115 Å². The lowest BCUT2D eigenvalue weighted by atomic mass is 9.79. The third-order valence-corrected chi connectivity index (χ3v) is 3.17. The Kier molecular flexibility index (Phi) is 5.98. The standard InChI is InChI=1S/C12H25NO5S/c1-11(2,3)18-10(14)9(12(4,5)8-13)7-17-19(6,15)16/h9H,7-8,13H2,1-6H3. The molecule has 0 aliphatic heterocycles. The first-order valence-corrected chi connectivity index (χ1v) is 7.87. The molecule has 1 atom stereocenters. The fraction of sp³-hybridized carbons (Fsp3) is 0.917. The van der Waals surface area contributed by atoms with E-state index in [0.29, 0.717) is 0 Å². The Hall–Kier alpha value is -0.660. The van der Waals surface area contributed by atoms with Crippen molar-refractivity contribution < 1.29 is 22.1 Å². The van der Waals surface area contributed by atoms with E-state index in [-0.39, 0.29) is 13.2 Å². The number of nitrogens with two attached hydrogens (primary N) is 1. The highest BCUT2D eigenvalue weighted by Gasteiger charge is 2.38. The maximum Gasteiger partial charge on any atom is 0.312 e. The highest BCUT2D eigenvalue weighted by atomic mass is 32.2. The van der Waals surface area contributed by atoms with Crippen LogP contribution in [0.1, 0.15) is 34.6 Å². The van der Waals surface area contributed by atoms with Crippen molar-refractivity contribution in [2.24, 2.45) is 17.1 Å². The zero-order valence-electron chi connectivity index (χ0n) is 12.5. The Morgan fingerprint density at radius 2 is 1.68 bits per heavy atom. The third kappa shape index (κ3) is 7.49. The topological polar surface area (TPSA) is 95.7 Å². The second-order valence-electron chi connectivity index (χ2n) is 6.27. The number of hydrogen-bond acceptors (Lipinski definition) is 6. The Morgan fingerprint density at radius 1 is 1.21 bits per heavy atom. The number of carbonyl (C=O) groups excluding carboxylic acids is 1. The predicted molar refractivity (Wildman–Crippen MR) is 73.0 cm³/mol. The minimum Gasteiger partial charge on any atom is -0.460 e. The quantitative estimate of drug-likeness (QED) is 0.578. The summed E-state index contributed by atoms with van der Waals surface area (Å²) in [5.74, 6) is -1.25. The number of esters is 1. The largest absolute Gasteiger partial charge is 0.460 e. The second kappa shape index (κ2) is 6.19. The van der Waals surface area contributed by atoms with Gasteiger partial charge in [-0.3, -0.25) is 8.98 Å². The fourth-order valence-corrected chi connectivity index (χ4v) is 1.70. The zero-order valence-corrected chi connectivity index (χ0v) is 13.3. The minimum absolute atomic E-state index is 0.212. The van der Waals surface area contributed by atoms with Gasteiger partial charge in [0.1, 0.15) is 5.60 Å². The summed E-state index contributed by atoms with van der Waals surface area (Å²) in [5, 5.41) is 0. The average Bonchev–Trinajstić information content (AvgIpc) is 2.12. The molecule has 0 amide bonds. The van der Waals surface area contributed by atoms with Gasteiger partial charge in [0.05, 0.1) is 18.8 Å². The highest BCUT2D eigenvalue weighted by molar-refractivity contribution is 7.85. The summed E-state index contributed by atoms with van der Waals surface area (Å²) >= 11 is 0. The summed E-state index contributed by atoms with van der Waals surface area (Å²) in [5.41, 5.74) is 4.37. The molecule has 0 spiro atoms. The summed E-state index contributed by atoms with van der Waals surface area (Å²) in [7, 11) is -3.61. The molecular weight excluding hydrogens is 270 g/mol. The number of ether oxygens (including phenoxy) is 1. The van der Waals surface area contributed by atoms with E-state index in [1.807, 2.05) is 0 Å². The van der Waals surface area contributed by atoms with Crippen molar-refractivity contribution in [3.05, 3.63) is 0 Å². The van der Waals surface area contributed by atoms with E-state index in [1.54, 1.807) is 34.6 Å². The zero-order chi connectivity index (χ0) is 15.5. The molecule has 0 aliphatic rings. The molecule has 0 fully saturated rings. The molecule has 0 saturated heterocycles. The molecule has 114 valence electrons. The van der Waals surface area contributed by atoms with Gasteiger partial charge in [-0.2, -0.15) is 8.42 Å². The van der Waals surface area contributed by atoms with E-state index in [2.05, 4.69) is 0 Å². The molecule has 0 rings (SSSR count). The van der Waals surface area contributed by atoms with Crippen LogP contribution in [-0.2, 0) is 23.8 Å². The van der Waals surface area contributed by atoms with Crippen LogP contribution >= 0.6 is 0 Å². The van der Waals surface area contributed by atoms with E-state index in [9.17, 15) is 13.2 Å². The molecule has 6 nitrogen and oxygen atoms in total. The summed E-state index contributed by atoms with van der Waals surface area (Å²) in [6.45, 7) is 8.72. The molecule has 0 saturated carbocycles. The first kappa shape index (κ1) is 18.3. The van der Waals surface area contributed by atoms with Crippen LogP contribution in [0.5, 0.6) is 0 Å². The van der Waals surface area contributed by atoms with Crippen LogP contribution in [0.15, 0.2) is 0 Å². The van der Waals surface area contributed by atoms with Gasteiger partial charge in [0.2, 0.25) is 0 Å². The van der Waals surface area contributed by atoms with Gasteiger partial charge in [0, 0.05) is 0 Å². The van der Waals surface area contributed by atoms with Crippen LogP contribution in [0.2, 0.25) is 0 Å². The van der Waals surface area contributed by atoms with Gasteiger partial charge < -0.3 is 10.5 Å². The van der Waals surface area contributed by atoms with Crippen LogP contribution < -0.4 is 5.73 Å². The first-order chi connectivity index (χ1) is 8.28. The lowest BCUT2D eigenvalue weighted by molar-refractivity contribution is -0.165. The van der Waals surface area contributed by atoms with Crippen molar-refractivity contribution in [1.82, 2.24) is 0 Å². The smallest absolute Gasteiger partial charge is 0.312 e. The minimum atomic E-state index is -3.61. The maximum atomic E-state index is 12.1. The summed E-state index contributed by atoms with van der Waals surface area (Å²) in [4.78, 5) is 12.1. The van der Waals surface area contributed by atoms with E-state index in [1.165, 1.54) is 0 Å². The van der Waals surface area contributed by atoms with Gasteiger partial charge in [-0.1, -0.05) is 13.8 Å². The number of carbonyl (C=O) groups is 1. The lowest BCUT2D eigenvalue weighted by Crippen LogP contribution is -2.43. The fourth-order valence-electron chi connectivity index (χ4n) is 1.32. The molecular formula is C12H25NO5S. The molecule has 0 bridgehead atoms. The SMILES string of the molecule is CC(C)(C)OC(=O)C(COS(C)(=O)=O)C(C)(C)CN. The van der Waals surface area contributed by atoms with E-state index < -0.39 is 33.0 Å². The number of hydrogen-bond donors (Lipinski definition) is 1. The van der Waals surface area contributed by atoms with E-state index in [0.717, 1.165) is 6.26 Å². The number of rotatable bonds is 6. The molecule has 0 heterocycles. The van der Waals surface area contributed by atoms with Gasteiger partial charge in [0.25, 0.3) is 10.1 Å². The maximum absolute atomic E-state index is 12.1. The van der Waals surface area contributed by atoms with Crippen LogP contribution in [0.3, 0.4) is 0 Å². The predicted octanol–water partition coefficient (Wildman–Crippen LogP) is 0.905. The molecule has 0 aromatic heterocycles. The van der Waals surface area contributed by atoms with E-state index >= 15 is 0 Å². The Bertz CT molecular complexity index is 408. The van der Waals surface area contributed by atoms with Gasteiger partial charge >= 0.3 is 5.97 Å². The molecule has 19 heavy (non-hydrogen) atoms. The highest BCUT2D eigenvalue weighted by Crippen LogP contribution is 2.29. The molecule has 1 unspecified atom stereocenters. The lowest BCUT2D eigenvalue weighted by Gasteiger charge is -2.33. The molecule has 0 aromatic carbocycles. The van der Waals surface area contributed by atoms with Gasteiger partial charge in [-0.05, 0) is 32.7 Å². The Balaban J connectivity index is 5.03. The molecule has 7 heteroatoms. The van der Waals surface area contributed by atoms with Crippen LogP contribution in [0.4, 0.5) is 0 Å². The van der Waals surface area contributed by atoms with E-state index in [4.69, 9.17) is 14.7 Å². The van der Waals surface area contributed by atoms with Crippen molar-refractivity contribution in [3.63, 3.8) is 0 Å². The summed E-state index contributed by atoms with van der Waals surface area (Å²) < 4.78 is 32.1. The van der Waals surface area contributed by atoms with Crippen molar-refractivity contribution in [3.8, 4) is 0 Å². The Morgan fingerprint density at radius 3 is 2.00 bits per heavy atom. The van der Waals surface area contributed by atoms with Crippen molar-refractivity contribution in [1.29, 1.82) is 0 Å². The first-order valence-electron chi connectivity index (χ1n) is 6.06. The van der Waals surface area contributed by atoms with Crippen LogP contribution in [0, 0.1) is 11.3 Å². The second-order valence-corrected chi connectivity index (χ2v) is 7.91. The molecule has 0 radical (unpaired) electrons. The van der Waals surface area contributed by atoms with Crippen LogP contribution in [-0.4, -0.2) is 39.4 Å². The summed E-state index contributed by atoms with van der Waals surface area (Å²) in [6.07, 6.45) is 0.939. The monoisotopic (exact) mass is 295 g/mol. The van der Waals surface area contributed by atoms with Crippen LogP contribution in [0.25, 0.3) is 0 Å². The average molecular weight is 295 g/mol. The molecule has 0 aliphatic carbocycles. The van der Waals surface area contributed by atoms with Crippen molar-refractivity contribution in [2.75, 3.05) is 19.4 Å². The third-order valence-electron chi connectivity index (χ3n) is 2.61. The van der Waals surface area contributed by atoms with Gasteiger partial charge in [-0.25, -0.2) is 0 Å². The normalized spacial score (nSPS) is 15.1. The van der Waals surface area contributed by atoms with Gasteiger partial charge in [0.15, 0.2) is 0 Å². The molecule has 0 aromatic rings. The van der Waals surface area contributed by atoms with Crippen molar-refractivity contribution >= 4 is 16.1 Å². The summed E-state index contributed by atoms with van der Waals surface area (Å²) in [6, 6.07) is 0. The van der Waals surface area contributed by atoms with Gasteiger partial charge in [-0.15, -0.1) is 0 Å².